The lowest BCUT2D eigenvalue weighted by molar-refractivity contribution is -0.129. The van der Waals surface area contributed by atoms with Crippen molar-refractivity contribution in [1.82, 2.24) is 5.32 Å². The number of hydrogen-bond donors (Lipinski definition) is 1. The molecule has 2 aromatic rings. The lowest BCUT2D eigenvalue weighted by Gasteiger charge is -2.19. The summed E-state index contributed by atoms with van der Waals surface area (Å²) in [6.45, 7) is 5.93. The van der Waals surface area contributed by atoms with Crippen molar-refractivity contribution in [1.29, 1.82) is 0 Å². The van der Waals surface area contributed by atoms with Crippen LogP contribution in [0.25, 0.3) is 0 Å². The SMILES string of the molecule is CCCOc1c(Br)cc(C(=O)OC(C)C(=O)NC(C)c2ccccc2)cc1OC. The van der Waals surface area contributed by atoms with Crippen LogP contribution in [-0.4, -0.2) is 31.7 Å². The topological polar surface area (TPSA) is 73.9 Å². The highest BCUT2D eigenvalue weighted by molar-refractivity contribution is 9.10. The highest BCUT2D eigenvalue weighted by atomic mass is 79.9. The highest BCUT2D eigenvalue weighted by Gasteiger charge is 2.23. The summed E-state index contributed by atoms with van der Waals surface area (Å²) in [5, 5.41) is 2.85. The van der Waals surface area contributed by atoms with Crippen LogP contribution in [0.15, 0.2) is 46.9 Å². The smallest absolute Gasteiger partial charge is 0.339 e. The minimum absolute atomic E-state index is 0.200. The number of amides is 1. The second-order valence-corrected chi connectivity index (χ2v) is 7.38. The van der Waals surface area contributed by atoms with E-state index in [0.29, 0.717) is 22.6 Å². The molecule has 0 aliphatic rings. The van der Waals surface area contributed by atoms with E-state index in [9.17, 15) is 9.59 Å². The van der Waals surface area contributed by atoms with Gasteiger partial charge in [-0.15, -0.1) is 0 Å². The summed E-state index contributed by atoms with van der Waals surface area (Å²) in [5.74, 6) is -0.0624. The summed E-state index contributed by atoms with van der Waals surface area (Å²) in [6, 6.07) is 12.5. The van der Waals surface area contributed by atoms with Crippen LogP contribution in [0.5, 0.6) is 11.5 Å². The van der Waals surface area contributed by atoms with E-state index in [1.54, 1.807) is 6.07 Å². The second-order valence-electron chi connectivity index (χ2n) is 6.53. The molecule has 0 spiro atoms. The molecule has 0 aliphatic heterocycles. The Hall–Kier alpha value is -2.54. The van der Waals surface area contributed by atoms with Crippen molar-refractivity contribution in [2.24, 2.45) is 0 Å². The third-order valence-corrected chi connectivity index (χ3v) is 4.82. The van der Waals surface area contributed by atoms with Crippen LogP contribution >= 0.6 is 15.9 Å². The van der Waals surface area contributed by atoms with Gasteiger partial charge in [-0.1, -0.05) is 37.3 Å². The molecule has 1 amide bonds. The summed E-state index contributed by atoms with van der Waals surface area (Å²) in [7, 11) is 1.50. The van der Waals surface area contributed by atoms with Gasteiger partial charge in [0.15, 0.2) is 17.6 Å². The minimum atomic E-state index is -0.950. The largest absolute Gasteiger partial charge is 0.493 e. The Morgan fingerprint density at radius 2 is 1.83 bits per heavy atom. The normalized spacial score (nSPS) is 12.6. The molecule has 7 heteroatoms. The zero-order valence-corrected chi connectivity index (χ0v) is 18.6. The van der Waals surface area contributed by atoms with E-state index in [0.717, 1.165) is 12.0 Å². The van der Waals surface area contributed by atoms with Crippen molar-refractivity contribution >= 4 is 27.8 Å². The summed E-state index contributed by atoms with van der Waals surface area (Å²) >= 11 is 3.40. The van der Waals surface area contributed by atoms with Crippen molar-refractivity contribution in [3.05, 3.63) is 58.1 Å². The van der Waals surface area contributed by atoms with Gasteiger partial charge < -0.3 is 19.5 Å². The van der Waals surface area contributed by atoms with Gasteiger partial charge in [-0.2, -0.15) is 0 Å². The van der Waals surface area contributed by atoms with E-state index < -0.39 is 12.1 Å². The van der Waals surface area contributed by atoms with E-state index in [4.69, 9.17) is 14.2 Å². The first-order chi connectivity index (χ1) is 13.9. The predicted octanol–water partition coefficient (Wildman–Crippen LogP) is 4.67. The first kappa shape index (κ1) is 22.7. The quantitative estimate of drug-likeness (QED) is 0.546. The molecular weight excluding hydrogens is 438 g/mol. The van der Waals surface area contributed by atoms with Crippen LogP contribution in [-0.2, 0) is 9.53 Å². The maximum absolute atomic E-state index is 12.5. The minimum Gasteiger partial charge on any atom is -0.493 e. The molecule has 0 heterocycles. The van der Waals surface area contributed by atoms with E-state index in [1.807, 2.05) is 44.2 Å². The fraction of sp³-hybridized carbons (Fsp3) is 0.364. The molecule has 0 bridgehead atoms. The summed E-state index contributed by atoms with van der Waals surface area (Å²) in [4.78, 5) is 25.0. The third kappa shape index (κ3) is 6.22. The van der Waals surface area contributed by atoms with Crippen LogP contribution in [0.2, 0.25) is 0 Å². The number of rotatable bonds is 9. The third-order valence-electron chi connectivity index (χ3n) is 4.23. The van der Waals surface area contributed by atoms with Gasteiger partial charge in [-0.3, -0.25) is 4.79 Å². The Kier molecular flexibility index (Phi) is 8.51. The summed E-state index contributed by atoms with van der Waals surface area (Å²) in [5.41, 5.74) is 1.23. The number of halogens is 1. The average Bonchev–Trinajstić information content (AvgIpc) is 2.72. The molecule has 29 heavy (non-hydrogen) atoms. The molecule has 0 radical (unpaired) electrons. The fourth-order valence-corrected chi connectivity index (χ4v) is 3.18. The molecule has 2 rings (SSSR count). The lowest BCUT2D eigenvalue weighted by Crippen LogP contribution is -2.37. The molecule has 2 unspecified atom stereocenters. The van der Waals surface area contributed by atoms with Gasteiger partial charge in [0.25, 0.3) is 5.91 Å². The molecule has 156 valence electrons. The number of carbonyl (C=O) groups excluding carboxylic acids is 2. The van der Waals surface area contributed by atoms with E-state index in [2.05, 4.69) is 21.2 Å². The number of methoxy groups -OCH3 is 1. The zero-order valence-electron chi connectivity index (χ0n) is 17.0. The molecule has 2 atom stereocenters. The molecule has 0 aromatic heterocycles. The van der Waals surface area contributed by atoms with Crippen molar-refractivity contribution in [2.75, 3.05) is 13.7 Å². The predicted molar refractivity (Wildman–Crippen MR) is 114 cm³/mol. The Labute approximate surface area is 179 Å². The zero-order chi connectivity index (χ0) is 21.4. The van der Waals surface area contributed by atoms with Crippen LogP contribution in [0.1, 0.15) is 49.2 Å². The maximum atomic E-state index is 12.5. The molecule has 2 aromatic carbocycles. The van der Waals surface area contributed by atoms with E-state index >= 15 is 0 Å². The van der Waals surface area contributed by atoms with Crippen molar-refractivity contribution in [3.63, 3.8) is 0 Å². The van der Waals surface area contributed by atoms with E-state index in [-0.39, 0.29) is 17.5 Å². The number of benzene rings is 2. The first-order valence-electron chi connectivity index (χ1n) is 9.44. The monoisotopic (exact) mass is 463 g/mol. The van der Waals surface area contributed by atoms with Gasteiger partial charge in [0.1, 0.15) is 0 Å². The Bertz CT molecular complexity index is 841. The van der Waals surface area contributed by atoms with Gasteiger partial charge in [-0.05, 0) is 53.9 Å². The summed E-state index contributed by atoms with van der Waals surface area (Å²) in [6.07, 6.45) is -0.109. The van der Waals surface area contributed by atoms with Crippen molar-refractivity contribution in [2.45, 2.75) is 39.3 Å². The van der Waals surface area contributed by atoms with Gasteiger partial charge in [0, 0.05) is 0 Å². The van der Waals surface area contributed by atoms with Crippen molar-refractivity contribution in [3.8, 4) is 11.5 Å². The second kappa shape index (κ2) is 10.9. The maximum Gasteiger partial charge on any atom is 0.339 e. The Morgan fingerprint density at radius 1 is 1.14 bits per heavy atom. The van der Waals surface area contributed by atoms with Gasteiger partial charge in [0.2, 0.25) is 0 Å². The number of esters is 1. The standard InChI is InChI=1S/C22H26BrNO5/c1-5-11-28-20-18(23)12-17(13-19(20)27-4)22(26)29-15(3)21(25)24-14(2)16-9-7-6-8-10-16/h6-10,12-15H,5,11H2,1-4H3,(H,24,25). The molecule has 0 saturated carbocycles. The summed E-state index contributed by atoms with van der Waals surface area (Å²) < 4.78 is 16.9. The van der Waals surface area contributed by atoms with Crippen LogP contribution in [0, 0.1) is 0 Å². The average molecular weight is 464 g/mol. The van der Waals surface area contributed by atoms with E-state index in [1.165, 1.54) is 20.1 Å². The van der Waals surface area contributed by atoms with Gasteiger partial charge in [-0.25, -0.2) is 4.79 Å². The highest BCUT2D eigenvalue weighted by Crippen LogP contribution is 2.37. The van der Waals surface area contributed by atoms with Gasteiger partial charge in [0.05, 0.1) is 29.8 Å². The molecule has 0 aliphatic carbocycles. The molecule has 0 saturated heterocycles. The number of carbonyl (C=O) groups is 2. The number of nitrogens with one attached hydrogen (secondary N) is 1. The van der Waals surface area contributed by atoms with Crippen molar-refractivity contribution < 1.29 is 23.8 Å². The lowest BCUT2D eigenvalue weighted by atomic mass is 10.1. The number of ether oxygens (including phenoxy) is 3. The van der Waals surface area contributed by atoms with Crippen LogP contribution in [0.4, 0.5) is 0 Å². The van der Waals surface area contributed by atoms with Crippen LogP contribution in [0.3, 0.4) is 0 Å². The Balaban J connectivity index is 2.05. The number of hydrogen-bond acceptors (Lipinski definition) is 5. The van der Waals surface area contributed by atoms with Gasteiger partial charge >= 0.3 is 5.97 Å². The fourth-order valence-electron chi connectivity index (χ4n) is 2.62. The molecule has 6 nitrogen and oxygen atoms in total. The molecule has 0 fully saturated rings. The first-order valence-corrected chi connectivity index (χ1v) is 10.2. The molecule has 1 N–H and O–H groups in total. The van der Waals surface area contributed by atoms with Crippen LogP contribution < -0.4 is 14.8 Å². The Morgan fingerprint density at radius 3 is 2.45 bits per heavy atom. The molecular formula is C22H26BrNO5.